The van der Waals surface area contributed by atoms with E-state index < -0.39 is 6.10 Å². The number of hydrogen-bond donors (Lipinski definition) is 2. The lowest BCUT2D eigenvalue weighted by molar-refractivity contribution is -0.127. The van der Waals surface area contributed by atoms with Gasteiger partial charge in [-0.3, -0.25) is 4.79 Å². The van der Waals surface area contributed by atoms with Crippen LogP contribution in [0.1, 0.15) is 39.7 Å². The lowest BCUT2D eigenvalue weighted by Gasteiger charge is -2.20. The number of nitrogens with two attached hydrogens (primary N) is 1. The minimum atomic E-state index is -0.563. The summed E-state index contributed by atoms with van der Waals surface area (Å²) in [5.74, 6) is 0.537. The van der Waals surface area contributed by atoms with Crippen molar-refractivity contribution in [1.82, 2.24) is 5.32 Å². The van der Waals surface area contributed by atoms with Gasteiger partial charge in [-0.05, 0) is 57.4 Å². The molecule has 0 aliphatic carbocycles. The van der Waals surface area contributed by atoms with Crippen molar-refractivity contribution >= 4 is 17.5 Å². The summed E-state index contributed by atoms with van der Waals surface area (Å²) in [6.07, 6.45) is 0.970. The maximum absolute atomic E-state index is 12.0. The Morgan fingerprint density at radius 1 is 1.38 bits per heavy atom. The Hall–Kier alpha value is -1.26. The molecule has 1 aromatic carbocycles. The van der Waals surface area contributed by atoms with E-state index in [9.17, 15) is 4.79 Å². The van der Waals surface area contributed by atoms with E-state index in [2.05, 4.69) is 5.32 Å². The molecule has 4 nitrogen and oxygen atoms in total. The second kappa shape index (κ2) is 8.25. The number of hydrogen-bond acceptors (Lipinski definition) is 3. The fourth-order valence-corrected chi connectivity index (χ4v) is 2.07. The molecule has 0 spiro atoms. The second-order valence-electron chi connectivity index (χ2n) is 5.51. The molecule has 0 bridgehead atoms. The SMILES string of the molecule is CCC(C)NC(=O)C(C)Oc1ccc(Cl)cc1CC(C)N. The van der Waals surface area contributed by atoms with Crippen molar-refractivity contribution < 1.29 is 9.53 Å². The molecule has 0 saturated heterocycles. The zero-order chi connectivity index (χ0) is 16.0. The number of carbonyl (C=O) groups excluding carboxylic acids is 1. The van der Waals surface area contributed by atoms with Crippen molar-refractivity contribution in [3.8, 4) is 5.75 Å². The summed E-state index contributed by atoms with van der Waals surface area (Å²) in [6, 6.07) is 5.50. The standard InChI is InChI=1S/C16H25ClN2O2/c1-5-11(3)19-16(20)12(4)21-15-7-6-14(17)9-13(15)8-10(2)18/h6-7,9-12H,5,8,18H2,1-4H3,(H,19,20). The Morgan fingerprint density at radius 2 is 2.05 bits per heavy atom. The summed E-state index contributed by atoms with van der Waals surface area (Å²) in [5.41, 5.74) is 6.76. The van der Waals surface area contributed by atoms with Crippen LogP contribution in [-0.4, -0.2) is 24.1 Å². The van der Waals surface area contributed by atoms with Crippen molar-refractivity contribution in [3.05, 3.63) is 28.8 Å². The first-order chi connectivity index (χ1) is 9.83. The van der Waals surface area contributed by atoms with Crippen molar-refractivity contribution in [1.29, 1.82) is 0 Å². The van der Waals surface area contributed by atoms with Gasteiger partial charge >= 0.3 is 0 Å². The Bertz CT molecular complexity index is 477. The fraction of sp³-hybridized carbons (Fsp3) is 0.562. The Balaban J connectivity index is 2.79. The van der Waals surface area contributed by atoms with Gasteiger partial charge in [0.1, 0.15) is 5.75 Å². The summed E-state index contributed by atoms with van der Waals surface area (Å²) in [6.45, 7) is 7.65. The largest absolute Gasteiger partial charge is 0.481 e. The maximum Gasteiger partial charge on any atom is 0.260 e. The van der Waals surface area contributed by atoms with Crippen LogP contribution >= 0.6 is 11.6 Å². The van der Waals surface area contributed by atoms with E-state index in [-0.39, 0.29) is 18.0 Å². The van der Waals surface area contributed by atoms with E-state index in [1.165, 1.54) is 0 Å². The van der Waals surface area contributed by atoms with E-state index in [4.69, 9.17) is 22.1 Å². The third-order valence-corrected chi connectivity index (χ3v) is 3.47. The number of ether oxygens (including phenoxy) is 1. The average molecular weight is 313 g/mol. The van der Waals surface area contributed by atoms with Gasteiger partial charge in [-0.15, -0.1) is 0 Å². The molecule has 21 heavy (non-hydrogen) atoms. The number of halogens is 1. The molecular formula is C16H25ClN2O2. The molecule has 0 saturated carbocycles. The molecule has 1 amide bonds. The molecule has 0 fully saturated rings. The van der Waals surface area contributed by atoms with Gasteiger partial charge in [0.2, 0.25) is 0 Å². The number of benzene rings is 1. The van der Waals surface area contributed by atoms with Gasteiger partial charge < -0.3 is 15.8 Å². The average Bonchev–Trinajstić information content (AvgIpc) is 2.40. The molecule has 0 aliphatic rings. The predicted octanol–water partition coefficient (Wildman–Crippen LogP) is 2.91. The molecular weight excluding hydrogens is 288 g/mol. The first kappa shape index (κ1) is 17.8. The van der Waals surface area contributed by atoms with Crippen LogP contribution in [0, 0.1) is 0 Å². The summed E-state index contributed by atoms with van der Waals surface area (Å²) in [5, 5.41) is 3.54. The Labute approximate surface area is 132 Å². The Kier molecular flexibility index (Phi) is 6.99. The zero-order valence-corrected chi connectivity index (χ0v) is 13.9. The molecule has 0 aromatic heterocycles. The van der Waals surface area contributed by atoms with E-state index in [0.717, 1.165) is 12.0 Å². The van der Waals surface area contributed by atoms with Crippen LogP contribution in [0.5, 0.6) is 5.75 Å². The number of nitrogens with one attached hydrogen (secondary N) is 1. The summed E-state index contributed by atoms with van der Waals surface area (Å²) >= 11 is 6.01. The lowest BCUT2D eigenvalue weighted by atomic mass is 10.1. The third-order valence-electron chi connectivity index (χ3n) is 3.24. The summed E-state index contributed by atoms with van der Waals surface area (Å²) < 4.78 is 5.78. The van der Waals surface area contributed by atoms with Crippen molar-refractivity contribution in [3.63, 3.8) is 0 Å². The molecule has 1 rings (SSSR count). The molecule has 3 atom stereocenters. The van der Waals surface area contributed by atoms with Gasteiger partial charge in [0.05, 0.1) is 0 Å². The molecule has 3 N–H and O–H groups in total. The maximum atomic E-state index is 12.0. The molecule has 0 aliphatic heterocycles. The minimum Gasteiger partial charge on any atom is -0.481 e. The lowest BCUT2D eigenvalue weighted by Crippen LogP contribution is -2.41. The monoisotopic (exact) mass is 312 g/mol. The van der Waals surface area contributed by atoms with Crippen molar-refractivity contribution in [2.45, 2.75) is 58.7 Å². The van der Waals surface area contributed by atoms with E-state index in [1.54, 1.807) is 19.1 Å². The topological polar surface area (TPSA) is 64.3 Å². The summed E-state index contributed by atoms with van der Waals surface area (Å²) in [7, 11) is 0. The van der Waals surface area contributed by atoms with E-state index in [0.29, 0.717) is 17.2 Å². The van der Waals surface area contributed by atoms with Crippen molar-refractivity contribution in [2.24, 2.45) is 5.73 Å². The van der Waals surface area contributed by atoms with Crippen LogP contribution in [0.4, 0.5) is 0 Å². The highest BCUT2D eigenvalue weighted by Gasteiger charge is 2.18. The second-order valence-corrected chi connectivity index (χ2v) is 5.95. The molecule has 0 heterocycles. The van der Waals surface area contributed by atoms with Crippen LogP contribution in [0.3, 0.4) is 0 Å². The van der Waals surface area contributed by atoms with E-state index in [1.807, 2.05) is 26.8 Å². The highest BCUT2D eigenvalue weighted by molar-refractivity contribution is 6.30. The molecule has 118 valence electrons. The number of amides is 1. The first-order valence-corrected chi connectivity index (χ1v) is 7.72. The number of rotatable bonds is 7. The number of carbonyl (C=O) groups is 1. The van der Waals surface area contributed by atoms with Crippen molar-refractivity contribution in [2.75, 3.05) is 0 Å². The van der Waals surface area contributed by atoms with E-state index >= 15 is 0 Å². The third kappa shape index (κ3) is 5.94. The van der Waals surface area contributed by atoms with Gasteiger partial charge in [0, 0.05) is 17.1 Å². The highest BCUT2D eigenvalue weighted by atomic mass is 35.5. The fourth-order valence-electron chi connectivity index (χ4n) is 1.88. The predicted molar refractivity (Wildman–Crippen MR) is 86.8 cm³/mol. The van der Waals surface area contributed by atoms with Crippen LogP contribution in [-0.2, 0) is 11.2 Å². The minimum absolute atomic E-state index is 0.00457. The quantitative estimate of drug-likeness (QED) is 0.813. The van der Waals surface area contributed by atoms with Gasteiger partial charge in [-0.2, -0.15) is 0 Å². The van der Waals surface area contributed by atoms with Crippen LogP contribution < -0.4 is 15.8 Å². The first-order valence-electron chi connectivity index (χ1n) is 7.34. The smallest absolute Gasteiger partial charge is 0.260 e. The van der Waals surface area contributed by atoms with Gasteiger partial charge in [0.15, 0.2) is 6.10 Å². The highest BCUT2D eigenvalue weighted by Crippen LogP contribution is 2.25. The molecule has 5 heteroatoms. The van der Waals surface area contributed by atoms with Crippen LogP contribution in [0.15, 0.2) is 18.2 Å². The van der Waals surface area contributed by atoms with Crippen LogP contribution in [0.25, 0.3) is 0 Å². The van der Waals surface area contributed by atoms with Gasteiger partial charge in [-0.25, -0.2) is 0 Å². The summed E-state index contributed by atoms with van der Waals surface area (Å²) in [4.78, 5) is 12.0. The zero-order valence-electron chi connectivity index (χ0n) is 13.2. The normalized spacial score (nSPS) is 15.1. The van der Waals surface area contributed by atoms with Gasteiger partial charge in [0.25, 0.3) is 5.91 Å². The molecule has 3 unspecified atom stereocenters. The van der Waals surface area contributed by atoms with Gasteiger partial charge in [-0.1, -0.05) is 18.5 Å². The molecule has 0 radical (unpaired) electrons. The van der Waals surface area contributed by atoms with Crippen LogP contribution in [0.2, 0.25) is 5.02 Å². The Morgan fingerprint density at radius 3 is 2.62 bits per heavy atom. The molecule has 1 aromatic rings.